The van der Waals surface area contributed by atoms with Gasteiger partial charge in [-0.3, -0.25) is 0 Å². The predicted octanol–water partition coefficient (Wildman–Crippen LogP) is 5.33. The average molecular weight is 479 g/mol. The third kappa shape index (κ3) is 4.92. The van der Waals surface area contributed by atoms with Crippen LogP contribution in [0, 0.1) is 0 Å². The van der Waals surface area contributed by atoms with Crippen LogP contribution in [0.3, 0.4) is 0 Å². The molecule has 0 aliphatic heterocycles. The lowest BCUT2D eigenvalue weighted by molar-refractivity contribution is 0.281. The Morgan fingerprint density at radius 3 is 2.58 bits per heavy atom. The summed E-state index contributed by atoms with van der Waals surface area (Å²) >= 11 is 0. The van der Waals surface area contributed by atoms with E-state index < -0.39 is 0 Å². The van der Waals surface area contributed by atoms with E-state index in [0.717, 1.165) is 51.2 Å². The fourth-order valence-electron chi connectivity index (χ4n) is 4.46. The van der Waals surface area contributed by atoms with Crippen LogP contribution in [0.25, 0.3) is 22.2 Å². The molecule has 5 rings (SSSR count). The highest BCUT2D eigenvalue weighted by Gasteiger charge is 2.15. The first kappa shape index (κ1) is 23.5. The molecule has 7 heteroatoms. The molecule has 0 bridgehead atoms. The van der Waals surface area contributed by atoms with E-state index in [2.05, 4.69) is 57.4 Å². The van der Waals surface area contributed by atoms with Crippen molar-refractivity contribution in [3.8, 4) is 11.1 Å². The summed E-state index contributed by atoms with van der Waals surface area (Å²) in [6, 6.07) is 24.7. The number of nitrogens with one attached hydrogen (secondary N) is 1. The molecule has 0 radical (unpaired) electrons. The number of hydrogen-bond acceptors (Lipinski definition) is 6. The van der Waals surface area contributed by atoms with Gasteiger partial charge in [-0.2, -0.15) is 4.98 Å². The van der Waals surface area contributed by atoms with E-state index >= 15 is 0 Å². The van der Waals surface area contributed by atoms with E-state index in [1.54, 1.807) is 6.20 Å². The standard InChI is InChI=1S/C29H30N6O/c1-20(14-21-8-7-9-22(15-21)18-36)32-29-30-13-12-27(33-29)35(3)24-16-25(23-10-5-4-6-11-23)28-26(17-24)34(2)19-31-28/h4-13,15-17,19-20,36H,14,18H2,1-3H3,(H,30,32,33). The van der Waals surface area contributed by atoms with Crippen molar-refractivity contribution in [1.82, 2.24) is 19.5 Å². The van der Waals surface area contributed by atoms with Gasteiger partial charge >= 0.3 is 0 Å². The molecule has 2 aromatic heterocycles. The van der Waals surface area contributed by atoms with E-state index in [0.29, 0.717) is 5.95 Å². The van der Waals surface area contributed by atoms with Crippen molar-refractivity contribution in [2.45, 2.75) is 26.0 Å². The number of aliphatic hydroxyl groups is 1. The lowest BCUT2D eigenvalue weighted by Gasteiger charge is -2.21. The minimum atomic E-state index is 0.0454. The molecule has 0 aliphatic rings. The molecule has 36 heavy (non-hydrogen) atoms. The molecule has 1 atom stereocenters. The van der Waals surface area contributed by atoms with Crippen LogP contribution in [-0.4, -0.2) is 37.7 Å². The summed E-state index contributed by atoms with van der Waals surface area (Å²) < 4.78 is 2.04. The number of hydrogen-bond donors (Lipinski definition) is 2. The summed E-state index contributed by atoms with van der Waals surface area (Å²) in [5, 5.41) is 12.8. The van der Waals surface area contributed by atoms with Gasteiger partial charge in [0.2, 0.25) is 5.95 Å². The highest BCUT2D eigenvalue weighted by atomic mass is 16.3. The van der Waals surface area contributed by atoms with Gasteiger partial charge < -0.3 is 19.9 Å². The van der Waals surface area contributed by atoms with Crippen LogP contribution in [0.4, 0.5) is 17.5 Å². The number of aryl methyl sites for hydroxylation is 1. The van der Waals surface area contributed by atoms with Gasteiger partial charge in [0.25, 0.3) is 0 Å². The van der Waals surface area contributed by atoms with Gasteiger partial charge in [-0.05, 0) is 48.2 Å². The minimum Gasteiger partial charge on any atom is -0.392 e. The number of aliphatic hydroxyl groups excluding tert-OH is 1. The van der Waals surface area contributed by atoms with Crippen molar-refractivity contribution < 1.29 is 5.11 Å². The fourth-order valence-corrected chi connectivity index (χ4v) is 4.46. The maximum absolute atomic E-state index is 9.41. The fraction of sp³-hybridized carbons (Fsp3) is 0.207. The van der Waals surface area contributed by atoms with Gasteiger partial charge in [0.05, 0.1) is 24.0 Å². The SMILES string of the molecule is CC(Cc1cccc(CO)c1)Nc1nccc(N(C)c2cc(-c3ccccc3)c3ncn(C)c3c2)n1. The lowest BCUT2D eigenvalue weighted by atomic mass is 10.0. The molecule has 2 N–H and O–H groups in total. The molecular formula is C29H30N6O. The first-order chi connectivity index (χ1) is 17.5. The zero-order chi connectivity index (χ0) is 25.1. The molecule has 2 heterocycles. The van der Waals surface area contributed by atoms with Gasteiger partial charge in [0.15, 0.2) is 0 Å². The van der Waals surface area contributed by atoms with Gasteiger partial charge in [0.1, 0.15) is 5.82 Å². The van der Waals surface area contributed by atoms with Crippen LogP contribution in [0.5, 0.6) is 0 Å². The molecule has 7 nitrogen and oxygen atoms in total. The van der Waals surface area contributed by atoms with Crippen LogP contribution in [0.15, 0.2) is 85.3 Å². The van der Waals surface area contributed by atoms with Gasteiger partial charge in [-0.1, -0.05) is 54.6 Å². The third-order valence-electron chi connectivity index (χ3n) is 6.36. The molecular weight excluding hydrogens is 448 g/mol. The average Bonchev–Trinajstić information content (AvgIpc) is 3.29. The zero-order valence-electron chi connectivity index (χ0n) is 20.8. The number of imidazole rings is 1. The maximum atomic E-state index is 9.41. The molecule has 0 aliphatic carbocycles. The predicted molar refractivity (Wildman–Crippen MR) is 145 cm³/mol. The number of fused-ring (bicyclic) bond motifs is 1. The second-order valence-corrected chi connectivity index (χ2v) is 9.11. The van der Waals surface area contributed by atoms with E-state index in [1.165, 1.54) is 0 Å². The number of anilines is 3. The monoisotopic (exact) mass is 478 g/mol. The van der Waals surface area contributed by atoms with Crippen LogP contribution in [0.1, 0.15) is 18.1 Å². The summed E-state index contributed by atoms with van der Waals surface area (Å²) in [7, 11) is 4.03. The number of benzene rings is 3. The summed E-state index contributed by atoms with van der Waals surface area (Å²) in [6.45, 7) is 2.15. The normalized spacial score (nSPS) is 12.0. The molecule has 0 fully saturated rings. The molecule has 0 saturated heterocycles. The second-order valence-electron chi connectivity index (χ2n) is 9.11. The molecule has 0 amide bonds. The second kappa shape index (κ2) is 10.2. The maximum Gasteiger partial charge on any atom is 0.224 e. The van der Waals surface area contributed by atoms with Crippen molar-refractivity contribution in [3.05, 3.63) is 96.4 Å². The van der Waals surface area contributed by atoms with Crippen LogP contribution < -0.4 is 10.2 Å². The highest BCUT2D eigenvalue weighted by molar-refractivity contribution is 5.95. The number of rotatable bonds is 8. The summed E-state index contributed by atoms with van der Waals surface area (Å²) in [6.07, 6.45) is 4.43. The van der Waals surface area contributed by atoms with Crippen molar-refractivity contribution in [2.75, 3.05) is 17.3 Å². The van der Waals surface area contributed by atoms with Gasteiger partial charge in [0, 0.05) is 37.6 Å². The largest absolute Gasteiger partial charge is 0.392 e. The minimum absolute atomic E-state index is 0.0454. The van der Waals surface area contributed by atoms with Crippen molar-refractivity contribution >= 4 is 28.5 Å². The molecule has 182 valence electrons. The number of aromatic nitrogens is 4. The molecule has 5 aromatic rings. The van der Waals surface area contributed by atoms with Crippen molar-refractivity contribution in [1.29, 1.82) is 0 Å². The Morgan fingerprint density at radius 2 is 1.78 bits per heavy atom. The van der Waals surface area contributed by atoms with Crippen LogP contribution >= 0.6 is 0 Å². The van der Waals surface area contributed by atoms with Crippen molar-refractivity contribution in [3.63, 3.8) is 0 Å². The lowest BCUT2D eigenvalue weighted by Crippen LogP contribution is -2.21. The quantitative estimate of drug-likeness (QED) is 0.314. The topological polar surface area (TPSA) is 79.1 Å². The van der Waals surface area contributed by atoms with Crippen LogP contribution in [-0.2, 0) is 20.1 Å². The first-order valence-corrected chi connectivity index (χ1v) is 12.0. The Bertz CT molecular complexity index is 1480. The zero-order valence-corrected chi connectivity index (χ0v) is 20.8. The summed E-state index contributed by atoms with van der Waals surface area (Å²) in [5.74, 6) is 1.37. The summed E-state index contributed by atoms with van der Waals surface area (Å²) in [4.78, 5) is 16.0. The van der Waals surface area contributed by atoms with Gasteiger partial charge in [-0.15, -0.1) is 0 Å². The molecule has 1 unspecified atom stereocenters. The Kier molecular flexibility index (Phi) is 6.64. The smallest absolute Gasteiger partial charge is 0.224 e. The Morgan fingerprint density at radius 1 is 0.972 bits per heavy atom. The van der Waals surface area contributed by atoms with E-state index in [4.69, 9.17) is 4.98 Å². The molecule has 3 aromatic carbocycles. The van der Waals surface area contributed by atoms with E-state index in [-0.39, 0.29) is 12.6 Å². The Labute approximate surface area is 211 Å². The van der Waals surface area contributed by atoms with Crippen LogP contribution in [0.2, 0.25) is 0 Å². The molecule has 0 saturated carbocycles. The number of nitrogens with zero attached hydrogens (tertiary/aromatic N) is 5. The summed E-state index contributed by atoms with van der Waals surface area (Å²) in [5.41, 5.74) is 7.34. The first-order valence-electron chi connectivity index (χ1n) is 12.0. The highest BCUT2D eigenvalue weighted by Crippen LogP contribution is 2.34. The van der Waals surface area contributed by atoms with Gasteiger partial charge in [-0.25, -0.2) is 9.97 Å². The van der Waals surface area contributed by atoms with E-state index in [9.17, 15) is 5.11 Å². The Balaban J connectivity index is 1.41. The van der Waals surface area contributed by atoms with E-state index in [1.807, 2.05) is 67.5 Å². The van der Waals surface area contributed by atoms with Crippen molar-refractivity contribution in [2.24, 2.45) is 7.05 Å². The third-order valence-corrected chi connectivity index (χ3v) is 6.36. The molecule has 0 spiro atoms. The Hall–Kier alpha value is -4.23.